The van der Waals surface area contributed by atoms with Gasteiger partial charge in [-0.1, -0.05) is 30.3 Å². The number of hydrogen-bond donors (Lipinski definition) is 0. The summed E-state index contributed by atoms with van der Waals surface area (Å²) < 4.78 is 30.0. The molecule has 0 radical (unpaired) electrons. The number of carbonyl (C=O) groups excluding carboxylic acids is 1. The summed E-state index contributed by atoms with van der Waals surface area (Å²) in [6, 6.07) is 11.7. The van der Waals surface area contributed by atoms with Crippen LogP contribution in [0.25, 0.3) is 0 Å². The summed E-state index contributed by atoms with van der Waals surface area (Å²) in [6.07, 6.45) is 0. The average molecular weight is 302 g/mol. The third-order valence-electron chi connectivity index (χ3n) is 3.17. The molecule has 0 unspecified atom stereocenters. The van der Waals surface area contributed by atoms with E-state index in [1.54, 1.807) is 13.8 Å². The molecule has 22 heavy (non-hydrogen) atoms. The first-order valence-electron chi connectivity index (χ1n) is 6.87. The Kier molecular flexibility index (Phi) is 3.48. The van der Waals surface area contributed by atoms with Gasteiger partial charge in [-0.15, -0.1) is 0 Å². The van der Waals surface area contributed by atoms with Crippen molar-refractivity contribution < 1.29 is 23.4 Å². The van der Waals surface area contributed by atoms with E-state index in [0.717, 1.165) is 17.7 Å². The molecule has 2 aromatic carbocycles. The minimum absolute atomic E-state index is 0.108. The van der Waals surface area contributed by atoms with Crippen LogP contribution in [0.2, 0.25) is 0 Å². The standard InChI is InChI=1S/C17H15FO4/c1-17(2)21-14-9-12(18)8-13(15(14)16(19)22-17)20-10-11-6-4-3-5-7-11/h3-9H,10H2,1-2H3. The van der Waals surface area contributed by atoms with Crippen molar-refractivity contribution >= 4 is 5.97 Å². The van der Waals surface area contributed by atoms with Gasteiger partial charge >= 0.3 is 5.97 Å². The molecule has 0 bridgehead atoms. The molecule has 0 amide bonds. The molecule has 2 aromatic rings. The van der Waals surface area contributed by atoms with Crippen LogP contribution < -0.4 is 9.47 Å². The number of carbonyl (C=O) groups is 1. The van der Waals surface area contributed by atoms with Crippen LogP contribution in [-0.4, -0.2) is 11.8 Å². The number of ether oxygens (including phenoxy) is 3. The van der Waals surface area contributed by atoms with E-state index in [1.165, 1.54) is 0 Å². The quantitative estimate of drug-likeness (QED) is 0.811. The summed E-state index contributed by atoms with van der Waals surface area (Å²) in [7, 11) is 0. The molecule has 4 nitrogen and oxygen atoms in total. The van der Waals surface area contributed by atoms with E-state index in [-0.39, 0.29) is 23.7 Å². The summed E-state index contributed by atoms with van der Waals surface area (Å²) in [4.78, 5) is 12.1. The molecule has 1 aliphatic heterocycles. The molecule has 0 atom stereocenters. The van der Waals surface area contributed by atoms with Gasteiger partial charge in [0.05, 0.1) is 0 Å². The van der Waals surface area contributed by atoms with Crippen molar-refractivity contribution in [3.8, 4) is 11.5 Å². The number of hydrogen-bond acceptors (Lipinski definition) is 4. The average Bonchev–Trinajstić information content (AvgIpc) is 2.43. The van der Waals surface area contributed by atoms with Gasteiger partial charge in [0.25, 0.3) is 0 Å². The van der Waals surface area contributed by atoms with Gasteiger partial charge in [0.15, 0.2) is 0 Å². The Morgan fingerprint density at radius 2 is 1.86 bits per heavy atom. The predicted molar refractivity (Wildman–Crippen MR) is 77.3 cm³/mol. The number of fused-ring (bicyclic) bond motifs is 1. The van der Waals surface area contributed by atoms with E-state index < -0.39 is 17.6 Å². The SMILES string of the molecule is CC1(C)OC(=O)c2c(OCc3ccccc3)cc(F)cc2O1. The zero-order valence-electron chi connectivity index (χ0n) is 12.3. The van der Waals surface area contributed by atoms with Crippen LogP contribution in [0.4, 0.5) is 4.39 Å². The first-order chi connectivity index (χ1) is 10.4. The maximum absolute atomic E-state index is 13.7. The van der Waals surface area contributed by atoms with Gasteiger partial charge < -0.3 is 14.2 Å². The van der Waals surface area contributed by atoms with E-state index >= 15 is 0 Å². The minimum atomic E-state index is -1.13. The molecule has 1 aliphatic rings. The molecule has 5 heteroatoms. The largest absolute Gasteiger partial charge is 0.488 e. The van der Waals surface area contributed by atoms with Crippen molar-refractivity contribution in [2.45, 2.75) is 26.2 Å². The Labute approximate surface area is 127 Å². The molecule has 0 fully saturated rings. The van der Waals surface area contributed by atoms with Gasteiger partial charge in [0, 0.05) is 26.0 Å². The van der Waals surface area contributed by atoms with Gasteiger partial charge in [-0.25, -0.2) is 9.18 Å². The molecule has 1 heterocycles. The fraction of sp³-hybridized carbons (Fsp3) is 0.235. The molecule has 0 spiro atoms. The third kappa shape index (κ3) is 2.88. The van der Waals surface area contributed by atoms with E-state index in [0.29, 0.717) is 0 Å². The number of cyclic esters (lactones) is 1. The van der Waals surface area contributed by atoms with Crippen molar-refractivity contribution in [3.05, 3.63) is 59.4 Å². The Morgan fingerprint density at radius 3 is 2.59 bits per heavy atom. The van der Waals surface area contributed by atoms with E-state index in [1.807, 2.05) is 30.3 Å². The Balaban J connectivity index is 1.92. The molecule has 0 aromatic heterocycles. The Hall–Kier alpha value is -2.56. The van der Waals surface area contributed by atoms with Gasteiger partial charge in [-0.2, -0.15) is 0 Å². The predicted octanol–water partition coefficient (Wildman–Crippen LogP) is 3.69. The molecule has 0 saturated heterocycles. The molecular formula is C17H15FO4. The van der Waals surface area contributed by atoms with Crippen LogP contribution in [0.5, 0.6) is 11.5 Å². The van der Waals surface area contributed by atoms with Crippen molar-refractivity contribution in [2.75, 3.05) is 0 Å². The fourth-order valence-corrected chi connectivity index (χ4v) is 2.25. The third-order valence-corrected chi connectivity index (χ3v) is 3.17. The number of benzene rings is 2. The van der Waals surface area contributed by atoms with Gasteiger partial charge in [-0.3, -0.25) is 0 Å². The highest BCUT2D eigenvalue weighted by Crippen LogP contribution is 2.38. The van der Waals surface area contributed by atoms with Crippen LogP contribution in [0, 0.1) is 5.82 Å². The zero-order chi connectivity index (χ0) is 15.7. The second-order valence-corrected chi connectivity index (χ2v) is 5.44. The molecular weight excluding hydrogens is 287 g/mol. The summed E-state index contributed by atoms with van der Waals surface area (Å²) >= 11 is 0. The van der Waals surface area contributed by atoms with Crippen LogP contribution in [0.15, 0.2) is 42.5 Å². The minimum Gasteiger partial charge on any atom is -0.488 e. The number of halogens is 1. The summed E-state index contributed by atoms with van der Waals surface area (Å²) in [5, 5.41) is 0. The lowest BCUT2D eigenvalue weighted by Crippen LogP contribution is -2.39. The van der Waals surface area contributed by atoms with Crippen LogP contribution in [-0.2, 0) is 11.3 Å². The Bertz CT molecular complexity index is 710. The second kappa shape index (κ2) is 5.33. The molecule has 0 aliphatic carbocycles. The summed E-state index contributed by atoms with van der Waals surface area (Å²) in [6.45, 7) is 3.39. The normalized spacial score (nSPS) is 15.5. The molecule has 3 rings (SSSR count). The van der Waals surface area contributed by atoms with Crippen molar-refractivity contribution in [3.63, 3.8) is 0 Å². The molecule has 114 valence electrons. The van der Waals surface area contributed by atoms with Crippen LogP contribution in [0.1, 0.15) is 29.8 Å². The van der Waals surface area contributed by atoms with Crippen LogP contribution >= 0.6 is 0 Å². The van der Waals surface area contributed by atoms with Crippen molar-refractivity contribution in [1.29, 1.82) is 0 Å². The molecule has 0 N–H and O–H groups in total. The van der Waals surface area contributed by atoms with E-state index in [2.05, 4.69) is 0 Å². The summed E-state index contributed by atoms with van der Waals surface area (Å²) in [5.74, 6) is -2.01. The monoisotopic (exact) mass is 302 g/mol. The van der Waals surface area contributed by atoms with Crippen molar-refractivity contribution in [1.82, 2.24) is 0 Å². The van der Waals surface area contributed by atoms with Crippen molar-refractivity contribution in [2.24, 2.45) is 0 Å². The number of rotatable bonds is 3. The van der Waals surface area contributed by atoms with Gasteiger partial charge in [-0.05, 0) is 5.56 Å². The van der Waals surface area contributed by atoms with E-state index in [4.69, 9.17) is 14.2 Å². The first kappa shape index (κ1) is 14.4. The fourth-order valence-electron chi connectivity index (χ4n) is 2.25. The zero-order valence-corrected chi connectivity index (χ0v) is 12.3. The number of esters is 1. The highest BCUT2D eigenvalue weighted by Gasteiger charge is 2.36. The first-order valence-corrected chi connectivity index (χ1v) is 6.87. The summed E-state index contributed by atoms with van der Waals surface area (Å²) in [5.41, 5.74) is 1.02. The smallest absolute Gasteiger partial charge is 0.349 e. The second-order valence-electron chi connectivity index (χ2n) is 5.44. The van der Waals surface area contributed by atoms with Gasteiger partial charge in [0.2, 0.25) is 5.79 Å². The lowest BCUT2D eigenvalue weighted by atomic mass is 10.1. The Morgan fingerprint density at radius 1 is 1.14 bits per heavy atom. The maximum atomic E-state index is 13.7. The molecule has 0 saturated carbocycles. The maximum Gasteiger partial charge on any atom is 0.349 e. The highest BCUT2D eigenvalue weighted by molar-refractivity contribution is 5.96. The van der Waals surface area contributed by atoms with Crippen LogP contribution in [0.3, 0.4) is 0 Å². The lowest BCUT2D eigenvalue weighted by molar-refractivity contribution is -0.127. The highest BCUT2D eigenvalue weighted by atomic mass is 19.1. The van der Waals surface area contributed by atoms with Gasteiger partial charge in [0.1, 0.15) is 29.5 Å². The topological polar surface area (TPSA) is 44.8 Å². The lowest BCUT2D eigenvalue weighted by Gasteiger charge is -2.32. The van der Waals surface area contributed by atoms with E-state index in [9.17, 15) is 9.18 Å².